The number of ether oxygens (including phenoxy) is 1. The van der Waals surface area contributed by atoms with Crippen LogP contribution in [0, 0.1) is 0 Å². The first-order valence-electron chi connectivity index (χ1n) is 10.6. The van der Waals surface area contributed by atoms with Gasteiger partial charge in [0.05, 0.1) is 25.5 Å². The van der Waals surface area contributed by atoms with Crippen molar-refractivity contribution in [3.8, 4) is 5.75 Å². The lowest BCUT2D eigenvalue weighted by Gasteiger charge is -2.29. The van der Waals surface area contributed by atoms with Gasteiger partial charge in [0.1, 0.15) is 11.5 Å². The van der Waals surface area contributed by atoms with Crippen molar-refractivity contribution in [2.45, 2.75) is 24.9 Å². The number of guanidine groups is 1. The molecule has 2 unspecified atom stereocenters. The highest BCUT2D eigenvalue weighted by Crippen LogP contribution is 2.27. The second-order valence-electron chi connectivity index (χ2n) is 7.83. The maximum absolute atomic E-state index is 5.72. The Hall–Kier alpha value is -1.78. The van der Waals surface area contributed by atoms with Gasteiger partial charge in [0.15, 0.2) is 5.96 Å². The fourth-order valence-electron chi connectivity index (χ4n) is 4.06. The Balaban J connectivity index is 0.00000341. The molecule has 1 aromatic carbocycles. The van der Waals surface area contributed by atoms with Crippen molar-refractivity contribution in [1.29, 1.82) is 0 Å². The number of nitrogens with zero attached hydrogens (tertiary/aromatic N) is 3. The molecule has 1 fully saturated rings. The highest BCUT2D eigenvalue weighted by molar-refractivity contribution is 14.0. The van der Waals surface area contributed by atoms with E-state index in [4.69, 9.17) is 9.15 Å². The molecular formula is C23H36IN5O2. The monoisotopic (exact) mass is 541 g/mol. The van der Waals surface area contributed by atoms with E-state index in [0.29, 0.717) is 6.54 Å². The van der Waals surface area contributed by atoms with E-state index in [1.54, 1.807) is 20.4 Å². The summed E-state index contributed by atoms with van der Waals surface area (Å²) < 4.78 is 11.3. The summed E-state index contributed by atoms with van der Waals surface area (Å²) in [6.45, 7) is 3.67. The molecule has 2 atom stereocenters. The number of para-hydroxylation sites is 1. The minimum Gasteiger partial charge on any atom is -0.496 e. The summed E-state index contributed by atoms with van der Waals surface area (Å²) in [6, 6.07) is 12.5. The third-order valence-electron chi connectivity index (χ3n) is 5.72. The lowest BCUT2D eigenvalue weighted by Crippen LogP contribution is -2.45. The third kappa shape index (κ3) is 6.85. The Morgan fingerprint density at radius 3 is 2.45 bits per heavy atom. The number of likely N-dealkylation sites (N-methyl/N-ethyl adjacent to an activating group) is 1. The van der Waals surface area contributed by atoms with Gasteiger partial charge in [-0.1, -0.05) is 18.2 Å². The Kier molecular flexibility index (Phi) is 10.6. The predicted octanol–water partition coefficient (Wildman–Crippen LogP) is 3.51. The van der Waals surface area contributed by atoms with Gasteiger partial charge in [-0.3, -0.25) is 9.89 Å². The molecule has 0 saturated carbocycles. The van der Waals surface area contributed by atoms with Gasteiger partial charge < -0.3 is 24.7 Å². The fourth-order valence-corrected chi connectivity index (χ4v) is 4.06. The van der Waals surface area contributed by atoms with Crippen molar-refractivity contribution in [1.82, 2.24) is 20.4 Å². The van der Waals surface area contributed by atoms with Crippen molar-refractivity contribution in [3.05, 3.63) is 54.0 Å². The van der Waals surface area contributed by atoms with Crippen LogP contribution in [-0.2, 0) is 0 Å². The molecule has 172 valence electrons. The van der Waals surface area contributed by atoms with Crippen LogP contribution < -0.4 is 15.4 Å². The summed E-state index contributed by atoms with van der Waals surface area (Å²) in [4.78, 5) is 9.10. The molecule has 2 N–H and O–H groups in total. The number of benzene rings is 1. The molecule has 7 nitrogen and oxygen atoms in total. The molecule has 2 aromatic rings. The maximum atomic E-state index is 5.72. The Morgan fingerprint density at radius 2 is 1.84 bits per heavy atom. The van der Waals surface area contributed by atoms with Crippen molar-refractivity contribution in [2.24, 2.45) is 4.99 Å². The SMILES string of the molecule is CN=C(NCC(c1ccccc1OC)N(C)C)NCC(c1ccco1)N1CCCC1.I. The number of likely N-dealkylation sites (tertiary alicyclic amines) is 1. The van der Waals surface area contributed by atoms with Crippen LogP contribution in [0.3, 0.4) is 0 Å². The van der Waals surface area contributed by atoms with Crippen molar-refractivity contribution < 1.29 is 9.15 Å². The number of rotatable bonds is 9. The normalized spacial score (nSPS) is 16.6. The smallest absolute Gasteiger partial charge is 0.191 e. The second-order valence-corrected chi connectivity index (χ2v) is 7.83. The van der Waals surface area contributed by atoms with Gasteiger partial charge in [-0.05, 0) is 58.2 Å². The first-order valence-corrected chi connectivity index (χ1v) is 10.6. The molecule has 0 spiro atoms. The molecule has 31 heavy (non-hydrogen) atoms. The standard InChI is InChI=1S/C23H35N5O2.HI/c1-24-23(25-16-19(27(2)3)18-10-5-6-11-21(18)29-4)26-17-20(22-12-9-15-30-22)28-13-7-8-14-28;/h5-6,9-12,15,19-20H,7-8,13-14,16-17H2,1-4H3,(H2,24,25,26);1H. The van der Waals surface area contributed by atoms with Gasteiger partial charge in [-0.25, -0.2) is 0 Å². The number of methoxy groups -OCH3 is 1. The maximum Gasteiger partial charge on any atom is 0.191 e. The zero-order chi connectivity index (χ0) is 21.3. The van der Waals surface area contributed by atoms with Gasteiger partial charge in [0.2, 0.25) is 0 Å². The lowest BCUT2D eigenvalue weighted by atomic mass is 10.0. The first-order chi connectivity index (χ1) is 14.6. The van der Waals surface area contributed by atoms with E-state index in [1.807, 2.05) is 24.3 Å². The van der Waals surface area contributed by atoms with E-state index in [9.17, 15) is 0 Å². The first kappa shape index (κ1) is 25.5. The van der Waals surface area contributed by atoms with Crippen LogP contribution in [0.4, 0.5) is 0 Å². The van der Waals surface area contributed by atoms with Crippen LogP contribution >= 0.6 is 24.0 Å². The summed E-state index contributed by atoms with van der Waals surface area (Å²) in [5.74, 6) is 2.68. The van der Waals surface area contributed by atoms with Gasteiger partial charge in [0.25, 0.3) is 0 Å². The molecule has 1 aliphatic rings. The molecule has 3 rings (SSSR count). The molecule has 1 aromatic heterocycles. The largest absolute Gasteiger partial charge is 0.496 e. The highest BCUT2D eigenvalue weighted by Gasteiger charge is 2.26. The fraction of sp³-hybridized carbons (Fsp3) is 0.522. The Bertz CT molecular complexity index is 791. The number of hydrogen-bond acceptors (Lipinski definition) is 5. The number of halogens is 1. The van der Waals surface area contributed by atoms with E-state index in [1.165, 1.54) is 12.8 Å². The van der Waals surface area contributed by atoms with Crippen LogP contribution in [0.25, 0.3) is 0 Å². The molecule has 1 saturated heterocycles. The second kappa shape index (κ2) is 12.9. The summed E-state index contributed by atoms with van der Waals surface area (Å²) in [5, 5.41) is 6.98. The summed E-state index contributed by atoms with van der Waals surface area (Å²) in [5.41, 5.74) is 1.15. The van der Waals surface area contributed by atoms with Crippen LogP contribution in [0.15, 0.2) is 52.1 Å². The van der Waals surface area contributed by atoms with Crippen molar-refractivity contribution in [2.75, 3.05) is 54.4 Å². The minimum absolute atomic E-state index is 0. The molecule has 0 aliphatic carbocycles. The number of hydrogen-bond donors (Lipinski definition) is 2. The number of furan rings is 1. The molecule has 0 radical (unpaired) electrons. The van der Waals surface area contributed by atoms with E-state index < -0.39 is 0 Å². The highest BCUT2D eigenvalue weighted by atomic mass is 127. The third-order valence-corrected chi connectivity index (χ3v) is 5.72. The lowest BCUT2D eigenvalue weighted by molar-refractivity contribution is 0.215. The van der Waals surface area contributed by atoms with Crippen LogP contribution in [0.1, 0.15) is 36.2 Å². The van der Waals surface area contributed by atoms with E-state index in [-0.39, 0.29) is 36.1 Å². The molecule has 0 amide bonds. The van der Waals surface area contributed by atoms with E-state index in [2.05, 4.69) is 51.7 Å². The zero-order valence-corrected chi connectivity index (χ0v) is 21.3. The Labute approximate surface area is 203 Å². The van der Waals surface area contributed by atoms with Gasteiger partial charge in [-0.15, -0.1) is 24.0 Å². The number of aliphatic imine (C=N–C) groups is 1. The minimum atomic E-state index is 0. The van der Waals surface area contributed by atoms with Crippen LogP contribution in [0.5, 0.6) is 5.75 Å². The van der Waals surface area contributed by atoms with E-state index >= 15 is 0 Å². The molecule has 0 bridgehead atoms. The summed E-state index contributed by atoms with van der Waals surface area (Å²) in [7, 11) is 7.68. The average Bonchev–Trinajstić information content (AvgIpc) is 3.47. The molecule has 8 heteroatoms. The van der Waals surface area contributed by atoms with Crippen LogP contribution in [-0.4, -0.2) is 70.2 Å². The zero-order valence-electron chi connectivity index (χ0n) is 19.0. The molecular weight excluding hydrogens is 505 g/mol. The summed E-state index contributed by atoms with van der Waals surface area (Å²) in [6.07, 6.45) is 4.24. The predicted molar refractivity (Wildman–Crippen MR) is 136 cm³/mol. The topological polar surface area (TPSA) is 65.3 Å². The van der Waals surface area contributed by atoms with Gasteiger partial charge in [-0.2, -0.15) is 0 Å². The van der Waals surface area contributed by atoms with Gasteiger partial charge in [0, 0.05) is 25.7 Å². The number of nitrogens with one attached hydrogen (secondary N) is 2. The summed E-state index contributed by atoms with van der Waals surface area (Å²) >= 11 is 0. The van der Waals surface area contributed by atoms with Crippen LogP contribution in [0.2, 0.25) is 0 Å². The molecule has 2 heterocycles. The van der Waals surface area contributed by atoms with Crippen molar-refractivity contribution >= 4 is 29.9 Å². The average molecular weight is 541 g/mol. The Morgan fingerprint density at radius 1 is 1.13 bits per heavy atom. The van der Waals surface area contributed by atoms with Crippen molar-refractivity contribution in [3.63, 3.8) is 0 Å². The quantitative estimate of drug-likeness (QED) is 0.288. The molecule has 1 aliphatic heterocycles. The van der Waals surface area contributed by atoms with Gasteiger partial charge >= 0.3 is 0 Å². The van der Waals surface area contributed by atoms with E-state index in [0.717, 1.165) is 42.7 Å².